The third-order valence-electron chi connectivity index (χ3n) is 3.20. The second kappa shape index (κ2) is 8.96. The van der Waals surface area contributed by atoms with Crippen molar-refractivity contribution in [3.8, 4) is 11.8 Å². The molecule has 0 spiro atoms. The van der Waals surface area contributed by atoms with E-state index < -0.39 is 18.1 Å². The summed E-state index contributed by atoms with van der Waals surface area (Å²) in [5, 5.41) is 0. The largest absolute Gasteiger partial charge is 0.465 e. The van der Waals surface area contributed by atoms with Gasteiger partial charge in [-0.3, -0.25) is 9.59 Å². The first-order chi connectivity index (χ1) is 10.9. The van der Waals surface area contributed by atoms with Crippen molar-refractivity contribution >= 4 is 11.9 Å². The summed E-state index contributed by atoms with van der Waals surface area (Å²) in [6.45, 7) is 12.9. The summed E-state index contributed by atoms with van der Waals surface area (Å²) in [4.78, 5) is 25.3. The predicted molar refractivity (Wildman–Crippen MR) is 88.4 cm³/mol. The van der Waals surface area contributed by atoms with Gasteiger partial charge in [0.25, 0.3) is 0 Å². The van der Waals surface area contributed by atoms with E-state index in [1.807, 2.05) is 13.8 Å². The van der Waals surface area contributed by atoms with Crippen LogP contribution in [0.4, 0.5) is 0 Å². The topological polar surface area (TPSA) is 55.8 Å². The van der Waals surface area contributed by atoms with E-state index in [9.17, 15) is 9.59 Å². The molecule has 0 saturated carbocycles. The van der Waals surface area contributed by atoms with Crippen molar-refractivity contribution in [3.63, 3.8) is 0 Å². The van der Waals surface area contributed by atoms with E-state index in [0.717, 1.165) is 11.1 Å². The molecule has 0 aliphatic carbocycles. The number of nitrogens with zero attached hydrogens (tertiary/aromatic N) is 1. The molecule has 1 aliphatic heterocycles. The Hall–Kier alpha value is -2.32. The highest BCUT2D eigenvalue weighted by Gasteiger charge is 2.37. The van der Waals surface area contributed by atoms with Crippen molar-refractivity contribution in [2.24, 2.45) is 0 Å². The van der Waals surface area contributed by atoms with Crippen molar-refractivity contribution in [3.05, 3.63) is 36.5 Å². The van der Waals surface area contributed by atoms with Crippen molar-refractivity contribution in [1.82, 2.24) is 4.90 Å². The maximum Gasteiger partial charge on any atom is 0.325 e. The van der Waals surface area contributed by atoms with Gasteiger partial charge in [-0.15, -0.1) is 0 Å². The van der Waals surface area contributed by atoms with Crippen molar-refractivity contribution in [2.45, 2.75) is 32.9 Å². The third kappa shape index (κ3) is 5.42. The van der Waals surface area contributed by atoms with Crippen molar-refractivity contribution in [2.75, 3.05) is 19.8 Å². The fourth-order valence-corrected chi connectivity index (χ4v) is 2.16. The average Bonchev–Trinajstić information content (AvgIpc) is 2.48. The number of allylic oxidation sites excluding steroid dienone is 3. The Labute approximate surface area is 137 Å². The monoisotopic (exact) mass is 317 g/mol. The molecule has 2 unspecified atom stereocenters. The van der Waals surface area contributed by atoms with Crippen LogP contribution in [0, 0.1) is 11.8 Å². The van der Waals surface area contributed by atoms with E-state index in [1.165, 1.54) is 4.90 Å². The molecule has 0 aromatic heterocycles. The highest BCUT2D eigenvalue weighted by molar-refractivity contribution is 5.84. The van der Waals surface area contributed by atoms with Crippen LogP contribution in [0.2, 0.25) is 0 Å². The zero-order valence-electron chi connectivity index (χ0n) is 13.9. The minimum Gasteiger partial charge on any atom is -0.465 e. The smallest absolute Gasteiger partial charge is 0.325 e. The van der Waals surface area contributed by atoms with Crippen LogP contribution in [-0.2, 0) is 19.1 Å². The summed E-state index contributed by atoms with van der Waals surface area (Å²) in [6, 6.07) is -0.577. The Morgan fingerprint density at radius 3 is 2.78 bits per heavy atom. The first-order valence-electron chi connectivity index (χ1n) is 7.43. The highest BCUT2D eigenvalue weighted by atomic mass is 16.5. The minimum absolute atomic E-state index is 0.101. The molecule has 1 heterocycles. The fourth-order valence-electron chi connectivity index (χ4n) is 2.16. The zero-order chi connectivity index (χ0) is 17.4. The summed E-state index contributed by atoms with van der Waals surface area (Å²) in [6.07, 6.45) is 2.97. The van der Waals surface area contributed by atoms with Gasteiger partial charge in [-0.1, -0.05) is 37.2 Å². The number of carbonyl (C=O) groups excluding carboxylic acids is 2. The Morgan fingerprint density at radius 2 is 2.22 bits per heavy atom. The van der Waals surface area contributed by atoms with E-state index >= 15 is 0 Å². The fraction of sp³-hybridized carbons (Fsp3) is 0.444. The van der Waals surface area contributed by atoms with Crippen LogP contribution in [0.15, 0.2) is 36.5 Å². The molecule has 0 aromatic carbocycles. The van der Waals surface area contributed by atoms with E-state index in [2.05, 4.69) is 25.0 Å². The highest BCUT2D eigenvalue weighted by Crippen LogP contribution is 2.20. The van der Waals surface area contributed by atoms with Gasteiger partial charge >= 0.3 is 5.97 Å². The van der Waals surface area contributed by atoms with Crippen LogP contribution in [-0.4, -0.2) is 48.7 Å². The molecule has 0 N–H and O–H groups in total. The molecule has 0 radical (unpaired) electrons. The maximum absolute atomic E-state index is 12.1. The minimum atomic E-state index is -0.577. The van der Waals surface area contributed by atoms with E-state index in [0.29, 0.717) is 0 Å². The van der Waals surface area contributed by atoms with Crippen LogP contribution < -0.4 is 0 Å². The lowest BCUT2D eigenvalue weighted by Gasteiger charge is -2.37. The summed E-state index contributed by atoms with van der Waals surface area (Å²) in [5.41, 5.74) is 1.55. The number of carbonyl (C=O) groups is 2. The molecule has 1 rings (SSSR count). The predicted octanol–water partition coefficient (Wildman–Crippen LogP) is 1.86. The Bertz CT molecular complexity index is 580. The standard InChI is InChI=1S/C18H23NO4/c1-6-8-14(5)9-10-15-18(13(3)4)23-12-16(20)19(15)11-17(21)22-7-2/h6,8,15,18H,1,3,7,11-12H2,2,4-5H3/b14-8+. The van der Waals surface area contributed by atoms with E-state index in [4.69, 9.17) is 9.47 Å². The summed E-state index contributed by atoms with van der Waals surface area (Å²) in [5.74, 6) is 5.22. The number of ether oxygens (including phenoxy) is 2. The first kappa shape index (κ1) is 18.7. The first-order valence-corrected chi connectivity index (χ1v) is 7.43. The van der Waals surface area contributed by atoms with E-state index in [1.54, 1.807) is 19.1 Å². The lowest BCUT2D eigenvalue weighted by Crippen LogP contribution is -2.55. The molecule has 2 atom stereocenters. The van der Waals surface area contributed by atoms with Gasteiger partial charge < -0.3 is 14.4 Å². The molecular formula is C18H23NO4. The molecule has 124 valence electrons. The number of hydrogen-bond donors (Lipinski definition) is 0. The van der Waals surface area contributed by atoms with Crippen LogP contribution in [0.25, 0.3) is 0 Å². The lowest BCUT2D eigenvalue weighted by atomic mass is 10.0. The van der Waals surface area contributed by atoms with Gasteiger partial charge in [0.1, 0.15) is 25.3 Å². The molecule has 1 saturated heterocycles. The number of hydrogen-bond acceptors (Lipinski definition) is 4. The Kier molecular flexibility index (Phi) is 7.30. The van der Waals surface area contributed by atoms with Crippen molar-refractivity contribution in [1.29, 1.82) is 0 Å². The SMILES string of the molecule is C=C/C=C(\C)C#CC1C(C(=C)C)OCC(=O)N1CC(=O)OCC. The molecule has 5 nitrogen and oxygen atoms in total. The Morgan fingerprint density at radius 1 is 1.52 bits per heavy atom. The normalized spacial score (nSPS) is 21.3. The summed E-state index contributed by atoms with van der Waals surface area (Å²) < 4.78 is 10.5. The molecule has 23 heavy (non-hydrogen) atoms. The summed E-state index contributed by atoms with van der Waals surface area (Å²) >= 11 is 0. The second-order valence-corrected chi connectivity index (χ2v) is 5.20. The van der Waals surface area contributed by atoms with Crippen LogP contribution in [0.3, 0.4) is 0 Å². The Balaban J connectivity index is 3.10. The zero-order valence-corrected chi connectivity index (χ0v) is 13.9. The summed E-state index contributed by atoms with van der Waals surface area (Å²) in [7, 11) is 0. The third-order valence-corrected chi connectivity index (χ3v) is 3.20. The van der Waals surface area contributed by atoms with Crippen molar-refractivity contribution < 1.29 is 19.1 Å². The van der Waals surface area contributed by atoms with Gasteiger partial charge in [0.15, 0.2) is 0 Å². The molecule has 1 aliphatic rings. The van der Waals surface area contributed by atoms with Gasteiger partial charge in [0, 0.05) is 0 Å². The maximum atomic E-state index is 12.1. The second-order valence-electron chi connectivity index (χ2n) is 5.20. The molecule has 1 amide bonds. The van der Waals surface area contributed by atoms with Gasteiger partial charge in [-0.25, -0.2) is 0 Å². The van der Waals surface area contributed by atoms with Crippen LogP contribution in [0.5, 0.6) is 0 Å². The molecule has 0 aromatic rings. The van der Waals surface area contributed by atoms with Crippen LogP contribution >= 0.6 is 0 Å². The van der Waals surface area contributed by atoms with Gasteiger partial charge in [-0.05, 0) is 31.9 Å². The van der Waals surface area contributed by atoms with Gasteiger partial charge in [0.05, 0.1) is 6.61 Å². The average molecular weight is 317 g/mol. The quantitative estimate of drug-likeness (QED) is 0.336. The number of esters is 1. The number of morpholine rings is 1. The molecule has 5 heteroatoms. The molecule has 1 fully saturated rings. The number of rotatable bonds is 5. The van der Waals surface area contributed by atoms with Crippen LogP contribution in [0.1, 0.15) is 20.8 Å². The number of amides is 1. The molecule has 0 bridgehead atoms. The lowest BCUT2D eigenvalue weighted by molar-refractivity contribution is -0.159. The van der Waals surface area contributed by atoms with Gasteiger partial charge in [0.2, 0.25) is 5.91 Å². The van der Waals surface area contributed by atoms with E-state index in [-0.39, 0.29) is 25.7 Å². The van der Waals surface area contributed by atoms with Gasteiger partial charge in [-0.2, -0.15) is 0 Å². The molecular weight excluding hydrogens is 294 g/mol.